The Bertz CT molecular complexity index is 299. The van der Waals surface area contributed by atoms with E-state index < -0.39 is 6.04 Å². The van der Waals surface area contributed by atoms with E-state index in [0.717, 1.165) is 12.8 Å². The summed E-state index contributed by atoms with van der Waals surface area (Å²) in [5.41, 5.74) is 5.52. The van der Waals surface area contributed by atoms with Crippen LogP contribution in [0.2, 0.25) is 0 Å². The topological polar surface area (TPSA) is 66.6 Å². The van der Waals surface area contributed by atoms with Crippen LogP contribution in [0, 0.1) is 0 Å². The van der Waals surface area contributed by atoms with Crippen molar-refractivity contribution in [3.63, 3.8) is 0 Å². The molecule has 1 aliphatic carbocycles. The minimum atomic E-state index is -0.553. The van der Waals surface area contributed by atoms with Crippen LogP contribution in [0.3, 0.4) is 0 Å². The monoisotopic (exact) mass is 255 g/mol. The molecule has 0 aromatic rings. The first-order valence-electron chi connectivity index (χ1n) is 6.69. The number of rotatable bonds is 4. The molecule has 0 spiro atoms. The molecule has 1 atom stereocenters. The zero-order chi connectivity index (χ0) is 13.7. The van der Waals surface area contributed by atoms with Crippen molar-refractivity contribution in [2.75, 3.05) is 20.6 Å². The van der Waals surface area contributed by atoms with Crippen molar-refractivity contribution in [1.82, 2.24) is 9.80 Å². The third-order valence-electron chi connectivity index (χ3n) is 3.65. The molecule has 0 aromatic carbocycles. The normalized spacial score (nSPS) is 18.2. The molecule has 2 N–H and O–H groups in total. The van der Waals surface area contributed by atoms with Crippen molar-refractivity contribution in [1.29, 1.82) is 0 Å². The van der Waals surface area contributed by atoms with E-state index in [1.165, 1.54) is 24.2 Å². The van der Waals surface area contributed by atoms with Crippen molar-refractivity contribution < 1.29 is 9.59 Å². The van der Waals surface area contributed by atoms with Gasteiger partial charge in [-0.1, -0.05) is 19.3 Å². The average Bonchev–Trinajstić information content (AvgIpc) is 2.37. The zero-order valence-corrected chi connectivity index (χ0v) is 11.7. The summed E-state index contributed by atoms with van der Waals surface area (Å²) in [5, 5.41) is 0. The molecule has 0 saturated heterocycles. The number of likely N-dealkylation sites (N-methyl/N-ethyl adjacent to an activating group) is 2. The lowest BCUT2D eigenvalue weighted by Crippen LogP contribution is -2.47. The second-order valence-electron chi connectivity index (χ2n) is 5.28. The highest BCUT2D eigenvalue weighted by molar-refractivity contribution is 5.87. The lowest BCUT2D eigenvalue weighted by atomic mass is 9.94. The van der Waals surface area contributed by atoms with Crippen LogP contribution in [-0.4, -0.2) is 54.3 Å². The predicted molar refractivity (Wildman–Crippen MR) is 70.9 cm³/mol. The molecule has 5 nitrogen and oxygen atoms in total. The van der Waals surface area contributed by atoms with E-state index in [4.69, 9.17) is 5.73 Å². The third kappa shape index (κ3) is 3.98. The van der Waals surface area contributed by atoms with Gasteiger partial charge >= 0.3 is 0 Å². The lowest BCUT2D eigenvalue weighted by Gasteiger charge is -2.32. The number of hydrogen-bond donors (Lipinski definition) is 1. The van der Waals surface area contributed by atoms with Gasteiger partial charge in [0, 0.05) is 20.1 Å². The minimum Gasteiger partial charge on any atom is -0.341 e. The molecule has 104 valence electrons. The number of carbonyl (C=O) groups is 2. The van der Waals surface area contributed by atoms with Gasteiger partial charge in [-0.15, -0.1) is 0 Å². The van der Waals surface area contributed by atoms with Crippen molar-refractivity contribution in [3.05, 3.63) is 0 Å². The van der Waals surface area contributed by atoms with Crippen LogP contribution >= 0.6 is 0 Å². The maximum absolute atomic E-state index is 12.1. The van der Waals surface area contributed by atoms with Gasteiger partial charge in [0.05, 0.1) is 12.6 Å². The number of nitrogens with two attached hydrogens (primary N) is 1. The molecule has 0 aliphatic heterocycles. The minimum absolute atomic E-state index is 0.00148. The number of carbonyl (C=O) groups excluding carboxylic acids is 2. The Hall–Kier alpha value is -1.10. The predicted octanol–water partition coefficient (Wildman–Crippen LogP) is 0.583. The van der Waals surface area contributed by atoms with Crippen molar-refractivity contribution in [2.45, 2.75) is 51.1 Å². The van der Waals surface area contributed by atoms with E-state index in [0.29, 0.717) is 6.04 Å². The Balaban J connectivity index is 2.46. The SMILES string of the molecule is C[C@H](N)C(=O)N(C)CC(=O)N(C)C1CCCCC1. The number of amides is 2. The molecule has 18 heavy (non-hydrogen) atoms. The van der Waals surface area contributed by atoms with Gasteiger partial charge in [0.15, 0.2) is 0 Å². The molecule has 1 saturated carbocycles. The second kappa shape index (κ2) is 6.73. The summed E-state index contributed by atoms with van der Waals surface area (Å²) in [5.74, 6) is -0.196. The molecular weight excluding hydrogens is 230 g/mol. The van der Waals surface area contributed by atoms with Gasteiger partial charge < -0.3 is 15.5 Å². The van der Waals surface area contributed by atoms with Crippen LogP contribution < -0.4 is 5.73 Å². The van der Waals surface area contributed by atoms with E-state index in [-0.39, 0.29) is 18.4 Å². The Morgan fingerprint density at radius 3 is 2.28 bits per heavy atom. The zero-order valence-electron chi connectivity index (χ0n) is 11.7. The molecule has 2 amide bonds. The first-order valence-corrected chi connectivity index (χ1v) is 6.69. The number of nitrogens with zero attached hydrogens (tertiary/aromatic N) is 2. The van der Waals surface area contributed by atoms with E-state index >= 15 is 0 Å². The highest BCUT2D eigenvalue weighted by Crippen LogP contribution is 2.21. The van der Waals surface area contributed by atoms with Crippen LogP contribution in [0.25, 0.3) is 0 Å². The molecule has 1 rings (SSSR count). The Morgan fingerprint density at radius 2 is 1.78 bits per heavy atom. The van der Waals surface area contributed by atoms with Gasteiger partial charge in [-0.2, -0.15) is 0 Å². The van der Waals surface area contributed by atoms with Crippen molar-refractivity contribution in [2.24, 2.45) is 5.73 Å². The summed E-state index contributed by atoms with van der Waals surface area (Å²) < 4.78 is 0. The van der Waals surface area contributed by atoms with Gasteiger partial charge in [0.25, 0.3) is 0 Å². The van der Waals surface area contributed by atoms with E-state index in [1.807, 2.05) is 7.05 Å². The highest BCUT2D eigenvalue weighted by atomic mass is 16.2. The van der Waals surface area contributed by atoms with Crippen LogP contribution in [-0.2, 0) is 9.59 Å². The van der Waals surface area contributed by atoms with Crippen LogP contribution in [0.4, 0.5) is 0 Å². The van der Waals surface area contributed by atoms with Gasteiger partial charge in [-0.05, 0) is 19.8 Å². The fourth-order valence-electron chi connectivity index (χ4n) is 2.41. The summed E-state index contributed by atoms with van der Waals surface area (Å²) in [6.45, 7) is 1.75. The summed E-state index contributed by atoms with van der Waals surface area (Å²) in [7, 11) is 3.46. The van der Waals surface area contributed by atoms with E-state index in [9.17, 15) is 9.59 Å². The summed E-state index contributed by atoms with van der Waals surface area (Å²) in [6.07, 6.45) is 5.80. The van der Waals surface area contributed by atoms with E-state index in [1.54, 1.807) is 18.9 Å². The molecule has 0 aromatic heterocycles. The Morgan fingerprint density at radius 1 is 1.22 bits per heavy atom. The Kier molecular flexibility index (Phi) is 5.59. The first kappa shape index (κ1) is 15.0. The summed E-state index contributed by atoms with van der Waals surface area (Å²) in [4.78, 5) is 26.9. The molecule has 1 aliphatic rings. The molecule has 0 heterocycles. The van der Waals surface area contributed by atoms with Crippen LogP contribution in [0.5, 0.6) is 0 Å². The molecule has 1 fully saturated rings. The van der Waals surface area contributed by atoms with Gasteiger partial charge in [-0.3, -0.25) is 9.59 Å². The standard InChI is InChI=1S/C13H25N3O2/c1-10(14)13(18)15(2)9-12(17)16(3)11-7-5-4-6-8-11/h10-11H,4-9,14H2,1-3H3/t10-/m0/s1. The fraction of sp³-hybridized carbons (Fsp3) is 0.846. The van der Waals surface area contributed by atoms with Crippen molar-refractivity contribution in [3.8, 4) is 0 Å². The summed E-state index contributed by atoms with van der Waals surface area (Å²) in [6, 6.07) is -0.215. The smallest absolute Gasteiger partial charge is 0.242 e. The van der Waals surface area contributed by atoms with Gasteiger partial charge in [0.1, 0.15) is 0 Å². The second-order valence-corrected chi connectivity index (χ2v) is 5.28. The quantitative estimate of drug-likeness (QED) is 0.799. The third-order valence-corrected chi connectivity index (χ3v) is 3.65. The lowest BCUT2D eigenvalue weighted by molar-refractivity contribution is -0.140. The molecule has 0 unspecified atom stereocenters. The molecule has 0 bridgehead atoms. The molecule has 0 radical (unpaired) electrons. The molecular formula is C13H25N3O2. The van der Waals surface area contributed by atoms with Crippen LogP contribution in [0.1, 0.15) is 39.0 Å². The van der Waals surface area contributed by atoms with Crippen molar-refractivity contribution >= 4 is 11.8 Å². The highest BCUT2D eigenvalue weighted by Gasteiger charge is 2.24. The molecule has 5 heteroatoms. The Labute approximate surface area is 109 Å². The maximum atomic E-state index is 12.1. The van der Waals surface area contributed by atoms with Crippen LogP contribution in [0.15, 0.2) is 0 Å². The number of hydrogen-bond acceptors (Lipinski definition) is 3. The first-order chi connectivity index (χ1) is 8.43. The van der Waals surface area contributed by atoms with Gasteiger partial charge in [0.2, 0.25) is 11.8 Å². The fourth-order valence-corrected chi connectivity index (χ4v) is 2.41. The van der Waals surface area contributed by atoms with E-state index in [2.05, 4.69) is 0 Å². The summed E-state index contributed by atoms with van der Waals surface area (Å²) >= 11 is 0. The van der Waals surface area contributed by atoms with Gasteiger partial charge in [-0.25, -0.2) is 0 Å². The average molecular weight is 255 g/mol. The largest absolute Gasteiger partial charge is 0.341 e. The maximum Gasteiger partial charge on any atom is 0.242 e.